The highest BCUT2D eigenvalue weighted by Crippen LogP contribution is 2.40. The van der Waals surface area contributed by atoms with Gasteiger partial charge in [-0.25, -0.2) is 0 Å². The molecule has 0 spiro atoms. The van der Waals surface area contributed by atoms with E-state index in [1.54, 1.807) is 18.4 Å². The maximum atomic E-state index is 12.5. The molecule has 130 valence electrons. The standard InChI is InChI=1S/C19H21N3O2S/c1-24-17-14-7-4-9-16(14)25-18(17)19(23)20-10-5-11-22-15-8-3-2-6-13(15)12-21-22/h2-3,6,8,12H,4-5,7,9-11H2,1H3,(H,20,23). The van der Waals surface area contributed by atoms with Crippen LogP contribution in [0, 0.1) is 0 Å². The highest BCUT2D eigenvalue weighted by Gasteiger charge is 2.26. The molecule has 1 N–H and O–H groups in total. The number of nitrogens with one attached hydrogen (secondary N) is 1. The van der Waals surface area contributed by atoms with E-state index in [4.69, 9.17) is 4.74 Å². The van der Waals surface area contributed by atoms with Crippen LogP contribution in [-0.2, 0) is 19.4 Å². The van der Waals surface area contributed by atoms with Gasteiger partial charge in [0.15, 0.2) is 0 Å². The monoisotopic (exact) mass is 355 g/mol. The number of hydrogen-bond donors (Lipinski definition) is 1. The van der Waals surface area contributed by atoms with E-state index in [0.29, 0.717) is 6.54 Å². The van der Waals surface area contributed by atoms with Crippen molar-refractivity contribution in [1.29, 1.82) is 0 Å². The molecular formula is C19H21N3O2S. The van der Waals surface area contributed by atoms with Crippen LogP contribution in [0.2, 0.25) is 0 Å². The van der Waals surface area contributed by atoms with Crippen LogP contribution in [0.25, 0.3) is 10.9 Å². The Hall–Kier alpha value is -2.34. The van der Waals surface area contributed by atoms with Crippen LogP contribution >= 0.6 is 11.3 Å². The Balaban J connectivity index is 1.35. The minimum absolute atomic E-state index is 0.0263. The Morgan fingerprint density at radius 2 is 2.24 bits per heavy atom. The minimum atomic E-state index is -0.0263. The van der Waals surface area contributed by atoms with E-state index in [9.17, 15) is 4.79 Å². The molecule has 0 saturated heterocycles. The van der Waals surface area contributed by atoms with Crippen LogP contribution in [0.1, 0.15) is 33.0 Å². The number of aromatic nitrogens is 2. The molecule has 2 aromatic heterocycles. The smallest absolute Gasteiger partial charge is 0.265 e. The summed E-state index contributed by atoms with van der Waals surface area (Å²) >= 11 is 1.58. The van der Waals surface area contributed by atoms with Crippen molar-refractivity contribution in [2.75, 3.05) is 13.7 Å². The Labute approximate surface area is 150 Å². The first kappa shape index (κ1) is 16.1. The number of carbonyl (C=O) groups excluding carboxylic acids is 1. The van der Waals surface area contributed by atoms with E-state index in [1.165, 1.54) is 10.4 Å². The molecule has 6 heteroatoms. The largest absolute Gasteiger partial charge is 0.495 e. The van der Waals surface area contributed by atoms with Gasteiger partial charge in [-0.2, -0.15) is 5.10 Å². The number of amides is 1. The Bertz CT molecular complexity index is 913. The van der Waals surface area contributed by atoms with Crippen molar-refractivity contribution in [3.8, 4) is 5.75 Å². The molecule has 1 aliphatic carbocycles. The summed E-state index contributed by atoms with van der Waals surface area (Å²) in [5, 5.41) is 8.58. The van der Waals surface area contributed by atoms with E-state index < -0.39 is 0 Å². The van der Waals surface area contributed by atoms with Gasteiger partial charge in [0.1, 0.15) is 10.6 Å². The molecule has 1 aromatic carbocycles. The van der Waals surface area contributed by atoms with Crippen LogP contribution in [0.5, 0.6) is 5.75 Å². The lowest BCUT2D eigenvalue weighted by Gasteiger charge is -2.07. The van der Waals surface area contributed by atoms with Crippen molar-refractivity contribution in [2.24, 2.45) is 0 Å². The molecule has 0 saturated carbocycles. The maximum Gasteiger partial charge on any atom is 0.265 e. The van der Waals surface area contributed by atoms with Crippen LogP contribution in [0.15, 0.2) is 30.5 Å². The first-order valence-corrected chi connectivity index (χ1v) is 9.47. The van der Waals surface area contributed by atoms with E-state index in [1.807, 2.05) is 23.0 Å². The van der Waals surface area contributed by atoms with Crippen LogP contribution in [0.4, 0.5) is 0 Å². The summed E-state index contributed by atoms with van der Waals surface area (Å²) in [7, 11) is 1.65. The predicted octanol–water partition coefficient (Wildman–Crippen LogP) is 3.42. The highest BCUT2D eigenvalue weighted by atomic mass is 32.1. The predicted molar refractivity (Wildman–Crippen MR) is 99.6 cm³/mol. The number of methoxy groups -OCH3 is 1. The first-order valence-electron chi connectivity index (χ1n) is 8.65. The number of rotatable bonds is 6. The first-order chi connectivity index (χ1) is 12.3. The summed E-state index contributed by atoms with van der Waals surface area (Å²) in [6, 6.07) is 8.16. The molecule has 0 aliphatic heterocycles. The second kappa shape index (κ2) is 6.88. The second-order valence-electron chi connectivity index (χ2n) is 6.26. The lowest BCUT2D eigenvalue weighted by molar-refractivity contribution is 0.0954. The van der Waals surface area contributed by atoms with Crippen molar-refractivity contribution >= 4 is 28.1 Å². The molecule has 4 rings (SSSR count). The van der Waals surface area contributed by atoms with E-state index in [0.717, 1.165) is 53.8 Å². The van der Waals surface area contributed by atoms with Gasteiger partial charge >= 0.3 is 0 Å². The zero-order chi connectivity index (χ0) is 17.2. The number of thiophene rings is 1. The molecule has 0 fully saturated rings. The van der Waals surface area contributed by atoms with Gasteiger partial charge in [0, 0.05) is 28.9 Å². The molecule has 0 unspecified atom stereocenters. The number of para-hydroxylation sites is 1. The zero-order valence-corrected chi connectivity index (χ0v) is 15.1. The minimum Gasteiger partial charge on any atom is -0.495 e. The summed E-state index contributed by atoms with van der Waals surface area (Å²) in [5.41, 5.74) is 2.37. The fourth-order valence-corrected chi connectivity index (χ4v) is 4.73. The van der Waals surface area contributed by atoms with Crippen LogP contribution in [-0.4, -0.2) is 29.3 Å². The fraction of sp³-hybridized carbons (Fsp3) is 0.368. The second-order valence-corrected chi connectivity index (χ2v) is 7.36. The SMILES string of the molecule is COc1c(C(=O)NCCCn2ncc3ccccc32)sc2c1CCC2. The van der Waals surface area contributed by atoms with Gasteiger partial charge in [0.2, 0.25) is 0 Å². The Morgan fingerprint density at radius 3 is 3.12 bits per heavy atom. The maximum absolute atomic E-state index is 12.5. The molecule has 0 bridgehead atoms. The van der Waals surface area contributed by atoms with Crippen molar-refractivity contribution < 1.29 is 9.53 Å². The number of nitrogens with zero attached hydrogens (tertiary/aromatic N) is 2. The summed E-state index contributed by atoms with van der Waals surface area (Å²) in [5.74, 6) is 0.759. The van der Waals surface area contributed by atoms with E-state index >= 15 is 0 Å². The van der Waals surface area contributed by atoms with Gasteiger partial charge in [-0.1, -0.05) is 18.2 Å². The molecule has 0 radical (unpaired) electrons. The lowest BCUT2D eigenvalue weighted by atomic mass is 10.2. The average molecular weight is 355 g/mol. The van der Waals surface area contributed by atoms with Crippen LogP contribution < -0.4 is 10.1 Å². The van der Waals surface area contributed by atoms with E-state index in [-0.39, 0.29) is 5.91 Å². The van der Waals surface area contributed by atoms with Crippen molar-refractivity contribution in [2.45, 2.75) is 32.2 Å². The molecule has 25 heavy (non-hydrogen) atoms. The molecule has 1 aliphatic rings. The van der Waals surface area contributed by atoms with Crippen LogP contribution in [0.3, 0.4) is 0 Å². The van der Waals surface area contributed by atoms with Gasteiger partial charge in [-0.15, -0.1) is 11.3 Å². The third-order valence-electron chi connectivity index (χ3n) is 4.67. The van der Waals surface area contributed by atoms with Gasteiger partial charge in [0.25, 0.3) is 5.91 Å². The number of benzene rings is 1. The molecule has 3 aromatic rings. The Kier molecular flexibility index (Phi) is 4.44. The summed E-state index contributed by atoms with van der Waals surface area (Å²) in [4.78, 5) is 14.5. The summed E-state index contributed by atoms with van der Waals surface area (Å²) in [6.45, 7) is 1.41. The summed E-state index contributed by atoms with van der Waals surface area (Å²) in [6.07, 6.45) is 5.97. The van der Waals surface area contributed by atoms with Crippen molar-refractivity contribution in [1.82, 2.24) is 15.1 Å². The number of aryl methyl sites for hydroxylation is 2. The zero-order valence-electron chi connectivity index (χ0n) is 14.2. The molecule has 2 heterocycles. The van der Waals surface area contributed by atoms with Gasteiger partial charge in [0.05, 0.1) is 18.8 Å². The van der Waals surface area contributed by atoms with Gasteiger partial charge < -0.3 is 10.1 Å². The molecule has 1 amide bonds. The fourth-order valence-electron chi connectivity index (χ4n) is 3.46. The van der Waals surface area contributed by atoms with Gasteiger partial charge in [-0.05, 0) is 31.7 Å². The van der Waals surface area contributed by atoms with Crippen molar-refractivity contribution in [3.63, 3.8) is 0 Å². The molecule has 5 nitrogen and oxygen atoms in total. The average Bonchev–Trinajstić information content (AvgIpc) is 3.32. The van der Waals surface area contributed by atoms with Gasteiger partial charge in [-0.3, -0.25) is 9.48 Å². The third kappa shape index (κ3) is 3.02. The number of fused-ring (bicyclic) bond motifs is 2. The number of carbonyl (C=O) groups is 1. The number of ether oxygens (including phenoxy) is 1. The summed E-state index contributed by atoms with van der Waals surface area (Å²) < 4.78 is 7.49. The van der Waals surface area contributed by atoms with E-state index in [2.05, 4.69) is 22.5 Å². The third-order valence-corrected chi connectivity index (χ3v) is 5.94. The topological polar surface area (TPSA) is 56.1 Å². The quantitative estimate of drug-likeness (QED) is 0.690. The highest BCUT2D eigenvalue weighted by molar-refractivity contribution is 7.14. The molecular weight excluding hydrogens is 334 g/mol. The van der Waals surface area contributed by atoms with Crippen molar-refractivity contribution in [3.05, 3.63) is 45.8 Å². The molecule has 0 atom stereocenters. The number of hydrogen-bond acceptors (Lipinski definition) is 4. The Morgan fingerprint density at radius 1 is 1.36 bits per heavy atom. The normalized spacial score (nSPS) is 13.2. The lowest BCUT2D eigenvalue weighted by Crippen LogP contribution is -2.25.